The van der Waals surface area contributed by atoms with Gasteiger partial charge in [0.1, 0.15) is 5.56 Å². The van der Waals surface area contributed by atoms with Crippen molar-refractivity contribution in [1.29, 1.82) is 0 Å². The highest BCUT2D eigenvalue weighted by molar-refractivity contribution is 6.34. The van der Waals surface area contributed by atoms with Crippen LogP contribution in [0.1, 0.15) is 29.6 Å². The van der Waals surface area contributed by atoms with Crippen molar-refractivity contribution in [3.05, 3.63) is 38.9 Å². The van der Waals surface area contributed by atoms with E-state index in [0.29, 0.717) is 19.3 Å². The fourth-order valence-electron chi connectivity index (χ4n) is 2.75. The monoisotopic (exact) mass is 369 g/mol. The average Bonchev–Trinajstić information content (AvgIpc) is 3.01. The number of carbonyl (C=O) groups excluding carboxylic acids is 2. The highest BCUT2D eigenvalue weighted by Crippen LogP contribution is 2.26. The van der Waals surface area contributed by atoms with E-state index in [1.807, 2.05) is 0 Å². The summed E-state index contributed by atoms with van der Waals surface area (Å²) in [5.41, 5.74) is -0.765. The Kier molecular flexibility index (Phi) is 5.92. The highest BCUT2D eigenvalue weighted by Gasteiger charge is 2.30. The molecule has 10 heteroatoms. The third kappa shape index (κ3) is 4.66. The number of aliphatic carboxylic acids is 1. The quantitative estimate of drug-likeness (QED) is 0.511. The van der Waals surface area contributed by atoms with Crippen molar-refractivity contribution < 1.29 is 24.4 Å². The Labute approximate surface area is 147 Å². The maximum atomic E-state index is 12.1. The number of hydrogen-bond acceptors (Lipinski definition) is 5. The first-order valence-electron chi connectivity index (χ1n) is 7.53. The third-order valence-electron chi connectivity index (χ3n) is 3.97. The molecule has 1 aliphatic carbocycles. The smallest absolute Gasteiger partial charge is 0.306 e. The van der Waals surface area contributed by atoms with Gasteiger partial charge in [-0.3, -0.25) is 24.5 Å². The van der Waals surface area contributed by atoms with Gasteiger partial charge in [0.25, 0.3) is 11.6 Å². The first-order valence-corrected chi connectivity index (χ1v) is 7.90. The molecule has 0 radical (unpaired) electrons. The summed E-state index contributed by atoms with van der Waals surface area (Å²) in [6.45, 7) is -0.393. The standard InChI is InChI=1S/C15H16ClN3O6/c16-10-2-1-3-11(19(24)25)13(10)14(21)17-7-12(20)18-9-5-4-8(6-9)15(22)23/h1-3,8-9H,4-7H2,(H,17,21)(H,18,20)(H,22,23)/t8-,9+/m1/s1. The van der Waals surface area contributed by atoms with Crippen LogP contribution in [0.5, 0.6) is 0 Å². The van der Waals surface area contributed by atoms with Crippen molar-refractivity contribution in [3.8, 4) is 0 Å². The van der Waals surface area contributed by atoms with Crippen LogP contribution in [-0.2, 0) is 9.59 Å². The maximum absolute atomic E-state index is 12.1. The number of amides is 2. The summed E-state index contributed by atoms with van der Waals surface area (Å²) in [6, 6.07) is 3.57. The molecule has 0 aliphatic heterocycles. The molecule has 1 fully saturated rings. The van der Waals surface area contributed by atoms with E-state index in [-0.39, 0.29) is 16.6 Å². The van der Waals surface area contributed by atoms with E-state index in [1.165, 1.54) is 12.1 Å². The maximum Gasteiger partial charge on any atom is 0.306 e. The summed E-state index contributed by atoms with van der Waals surface area (Å²) < 4.78 is 0. The minimum Gasteiger partial charge on any atom is -0.481 e. The second-order valence-electron chi connectivity index (χ2n) is 5.69. The number of hydrogen-bond donors (Lipinski definition) is 3. The second kappa shape index (κ2) is 7.93. The summed E-state index contributed by atoms with van der Waals surface area (Å²) in [5.74, 6) is -2.71. The molecule has 1 aliphatic rings. The van der Waals surface area contributed by atoms with Gasteiger partial charge in [-0.15, -0.1) is 0 Å². The molecule has 0 saturated heterocycles. The summed E-state index contributed by atoms with van der Waals surface area (Å²) >= 11 is 5.85. The minimum absolute atomic E-state index is 0.0906. The van der Waals surface area contributed by atoms with Gasteiger partial charge < -0.3 is 15.7 Å². The van der Waals surface area contributed by atoms with Crippen LogP contribution in [-0.4, -0.2) is 40.4 Å². The van der Waals surface area contributed by atoms with E-state index in [0.717, 1.165) is 6.07 Å². The molecule has 0 bridgehead atoms. The number of carboxylic acid groups (broad SMARTS) is 1. The van der Waals surface area contributed by atoms with Gasteiger partial charge in [0, 0.05) is 12.1 Å². The molecule has 2 amide bonds. The van der Waals surface area contributed by atoms with Gasteiger partial charge in [0.2, 0.25) is 5.91 Å². The molecule has 2 rings (SSSR count). The molecule has 0 heterocycles. The van der Waals surface area contributed by atoms with Crippen LogP contribution >= 0.6 is 11.6 Å². The Hall–Kier alpha value is -2.68. The van der Waals surface area contributed by atoms with Gasteiger partial charge in [-0.1, -0.05) is 17.7 Å². The lowest BCUT2D eigenvalue weighted by atomic mass is 10.1. The molecule has 9 nitrogen and oxygen atoms in total. The van der Waals surface area contributed by atoms with E-state index >= 15 is 0 Å². The number of nitrogens with one attached hydrogen (secondary N) is 2. The largest absolute Gasteiger partial charge is 0.481 e. The molecule has 134 valence electrons. The van der Waals surface area contributed by atoms with Gasteiger partial charge in [0.15, 0.2) is 0 Å². The second-order valence-corrected chi connectivity index (χ2v) is 6.09. The van der Waals surface area contributed by atoms with E-state index in [2.05, 4.69) is 10.6 Å². The average molecular weight is 370 g/mol. The lowest BCUT2D eigenvalue weighted by Crippen LogP contribution is -2.41. The molecule has 1 saturated carbocycles. The summed E-state index contributed by atoms with van der Waals surface area (Å²) in [5, 5.41) is 24.7. The Bertz CT molecular complexity index is 723. The molecule has 2 atom stereocenters. The first kappa shape index (κ1) is 18.7. The molecule has 0 spiro atoms. The van der Waals surface area contributed by atoms with Gasteiger partial charge >= 0.3 is 5.97 Å². The molecule has 25 heavy (non-hydrogen) atoms. The van der Waals surface area contributed by atoms with E-state index < -0.39 is 40.9 Å². The van der Waals surface area contributed by atoms with Crippen LogP contribution < -0.4 is 10.6 Å². The summed E-state index contributed by atoms with van der Waals surface area (Å²) in [4.78, 5) is 45.1. The SMILES string of the molecule is O=C(CNC(=O)c1c(Cl)cccc1[N+](=O)[O-])N[C@H]1CC[C@@H](C(=O)O)C1. The fourth-order valence-corrected chi connectivity index (χ4v) is 3.01. The van der Waals surface area contributed by atoms with Crippen LogP contribution in [0.25, 0.3) is 0 Å². The van der Waals surface area contributed by atoms with Crippen LogP contribution in [0.2, 0.25) is 5.02 Å². The van der Waals surface area contributed by atoms with Gasteiger partial charge in [-0.2, -0.15) is 0 Å². The molecule has 0 unspecified atom stereocenters. The van der Waals surface area contributed by atoms with Crippen molar-refractivity contribution >= 4 is 35.1 Å². The van der Waals surface area contributed by atoms with Crippen molar-refractivity contribution in [2.45, 2.75) is 25.3 Å². The number of benzene rings is 1. The van der Waals surface area contributed by atoms with E-state index in [9.17, 15) is 24.5 Å². The van der Waals surface area contributed by atoms with Gasteiger partial charge in [-0.05, 0) is 25.3 Å². The van der Waals surface area contributed by atoms with Gasteiger partial charge in [0.05, 0.1) is 22.4 Å². The molecular weight excluding hydrogens is 354 g/mol. The number of rotatable bonds is 6. The van der Waals surface area contributed by atoms with Gasteiger partial charge in [-0.25, -0.2) is 0 Å². The predicted octanol–water partition coefficient (Wildman–Crippen LogP) is 1.35. The first-order chi connectivity index (χ1) is 11.8. The Morgan fingerprint density at radius 3 is 2.64 bits per heavy atom. The highest BCUT2D eigenvalue weighted by atomic mass is 35.5. The molecule has 1 aromatic rings. The predicted molar refractivity (Wildman–Crippen MR) is 87.3 cm³/mol. The summed E-state index contributed by atoms with van der Waals surface area (Å²) in [7, 11) is 0. The molecule has 1 aromatic carbocycles. The summed E-state index contributed by atoms with van der Waals surface area (Å²) in [6.07, 6.45) is 1.37. The van der Waals surface area contributed by atoms with Crippen molar-refractivity contribution in [2.75, 3.05) is 6.54 Å². The zero-order valence-electron chi connectivity index (χ0n) is 13.0. The van der Waals surface area contributed by atoms with Crippen molar-refractivity contribution in [1.82, 2.24) is 10.6 Å². The van der Waals surface area contributed by atoms with Crippen LogP contribution in [0.4, 0.5) is 5.69 Å². The molecular formula is C15H16ClN3O6. The third-order valence-corrected chi connectivity index (χ3v) is 4.29. The Morgan fingerprint density at radius 2 is 2.04 bits per heavy atom. The Morgan fingerprint density at radius 1 is 1.32 bits per heavy atom. The molecule has 0 aromatic heterocycles. The number of carbonyl (C=O) groups is 3. The number of nitrogens with zero attached hydrogens (tertiary/aromatic N) is 1. The van der Waals surface area contributed by atoms with E-state index in [1.54, 1.807) is 0 Å². The van der Waals surface area contributed by atoms with E-state index in [4.69, 9.17) is 16.7 Å². The number of nitro benzene ring substituents is 1. The van der Waals surface area contributed by atoms with Crippen LogP contribution in [0.3, 0.4) is 0 Å². The zero-order valence-corrected chi connectivity index (χ0v) is 13.8. The molecule has 3 N–H and O–H groups in total. The minimum atomic E-state index is -0.893. The van der Waals surface area contributed by atoms with Crippen LogP contribution in [0.15, 0.2) is 18.2 Å². The number of halogens is 1. The van der Waals surface area contributed by atoms with Crippen molar-refractivity contribution in [3.63, 3.8) is 0 Å². The number of carboxylic acids is 1. The topological polar surface area (TPSA) is 139 Å². The Balaban J connectivity index is 1.91. The van der Waals surface area contributed by atoms with Crippen LogP contribution in [0, 0.1) is 16.0 Å². The zero-order chi connectivity index (χ0) is 18.6. The lowest BCUT2D eigenvalue weighted by Gasteiger charge is -2.13. The number of nitro groups is 1. The fraction of sp³-hybridized carbons (Fsp3) is 0.400. The van der Waals surface area contributed by atoms with Crippen molar-refractivity contribution in [2.24, 2.45) is 5.92 Å². The normalized spacial score (nSPS) is 19.2. The lowest BCUT2D eigenvalue weighted by molar-refractivity contribution is -0.385.